The molecule has 1 aromatic rings. The smallest absolute Gasteiger partial charge is 0.267 e. The first-order valence-electron chi connectivity index (χ1n) is 5.05. The molecular weight excluding hydrogens is 200 g/mol. The third kappa shape index (κ3) is 2.25. The molecule has 1 aliphatic rings. The largest absolute Gasteiger partial charge is 0.278 e. The SMILES string of the molecule is CC1=CC=CN(C(=O)c2ccccc2)N=C1. The summed E-state index contributed by atoms with van der Waals surface area (Å²) < 4.78 is 0. The molecule has 1 aliphatic heterocycles. The van der Waals surface area contributed by atoms with Gasteiger partial charge in [0.25, 0.3) is 5.91 Å². The van der Waals surface area contributed by atoms with Crippen molar-refractivity contribution >= 4 is 12.1 Å². The Morgan fingerprint density at radius 3 is 2.75 bits per heavy atom. The van der Waals surface area contributed by atoms with Gasteiger partial charge in [0.15, 0.2) is 0 Å². The quantitative estimate of drug-likeness (QED) is 0.704. The van der Waals surface area contributed by atoms with Gasteiger partial charge in [-0.2, -0.15) is 5.10 Å². The highest BCUT2D eigenvalue weighted by Crippen LogP contribution is 2.08. The van der Waals surface area contributed by atoms with Crippen LogP contribution in [-0.4, -0.2) is 17.1 Å². The van der Waals surface area contributed by atoms with Gasteiger partial charge in [0, 0.05) is 11.8 Å². The fourth-order valence-corrected chi connectivity index (χ4v) is 1.34. The molecule has 80 valence electrons. The van der Waals surface area contributed by atoms with Crippen LogP contribution in [0.5, 0.6) is 0 Å². The molecule has 1 aromatic carbocycles. The summed E-state index contributed by atoms with van der Waals surface area (Å²) in [6.07, 6.45) is 7.04. The standard InChI is InChI=1S/C13H12N2O/c1-11-6-5-9-15(14-10-11)13(16)12-7-3-2-4-8-12/h2-10H,1H3. The van der Waals surface area contributed by atoms with E-state index in [1.165, 1.54) is 5.01 Å². The third-order valence-electron chi connectivity index (χ3n) is 2.20. The van der Waals surface area contributed by atoms with Crippen molar-refractivity contribution in [1.82, 2.24) is 5.01 Å². The van der Waals surface area contributed by atoms with Gasteiger partial charge in [-0.15, -0.1) is 0 Å². The van der Waals surface area contributed by atoms with Crippen molar-refractivity contribution in [3.63, 3.8) is 0 Å². The van der Waals surface area contributed by atoms with E-state index in [9.17, 15) is 4.79 Å². The number of hydrazone groups is 1. The Hall–Kier alpha value is -2.16. The maximum Gasteiger partial charge on any atom is 0.278 e. The summed E-state index contributed by atoms with van der Waals surface area (Å²) in [5.41, 5.74) is 1.64. The lowest BCUT2D eigenvalue weighted by Gasteiger charge is -2.10. The highest BCUT2D eigenvalue weighted by atomic mass is 16.2. The van der Waals surface area contributed by atoms with Crippen LogP contribution in [0.4, 0.5) is 0 Å². The van der Waals surface area contributed by atoms with Crippen LogP contribution < -0.4 is 0 Å². The van der Waals surface area contributed by atoms with Crippen LogP contribution in [0.25, 0.3) is 0 Å². The molecule has 2 rings (SSSR count). The molecule has 1 heterocycles. The number of nitrogens with zero attached hydrogens (tertiary/aromatic N) is 2. The van der Waals surface area contributed by atoms with Crippen LogP contribution >= 0.6 is 0 Å². The molecule has 0 aromatic heterocycles. The van der Waals surface area contributed by atoms with Gasteiger partial charge < -0.3 is 0 Å². The minimum absolute atomic E-state index is 0.129. The first-order chi connectivity index (χ1) is 7.77. The molecule has 0 radical (unpaired) electrons. The van der Waals surface area contributed by atoms with Crippen LogP contribution in [0.1, 0.15) is 17.3 Å². The molecule has 0 N–H and O–H groups in total. The molecule has 0 spiro atoms. The van der Waals surface area contributed by atoms with Crippen molar-refractivity contribution in [3.8, 4) is 0 Å². The molecule has 1 amide bonds. The van der Waals surface area contributed by atoms with Gasteiger partial charge in [-0.1, -0.05) is 24.3 Å². The van der Waals surface area contributed by atoms with Crippen LogP contribution in [0.2, 0.25) is 0 Å². The Morgan fingerprint density at radius 1 is 1.25 bits per heavy atom. The van der Waals surface area contributed by atoms with E-state index in [4.69, 9.17) is 0 Å². The van der Waals surface area contributed by atoms with Crippen LogP contribution in [0.3, 0.4) is 0 Å². The molecule has 16 heavy (non-hydrogen) atoms. The lowest BCUT2D eigenvalue weighted by atomic mass is 10.2. The highest BCUT2D eigenvalue weighted by Gasteiger charge is 2.11. The average Bonchev–Trinajstić information content (AvgIpc) is 2.54. The Bertz CT molecular complexity index is 472. The van der Waals surface area contributed by atoms with E-state index in [-0.39, 0.29) is 5.91 Å². The molecule has 3 nitrogen and oxygen atoms in total. The second-order valence-corrected chi connectivity index (χ2v) is 3.51. The average molecular weight is 212 g/mol. The van der Waals surface area contributed by atoms with Gasteiger partial charge in [-0.05, 0) is 30.7 Å². The number of amides is 1. The lowest BCUT2D eigenvalue weighted by Crippen LogP contribution is -2.19. The van der Waals surface area contributed by atoms with Gasteiger partial charge in [-0.25, -0.2) is 5.01 Å². The molecule has 0 unspecified atom stereocenters. The van der Waals surface area contributed by atoms with Crippen molar-refractivity contribution in [3.05, 3.63) is 59.8 Å². The zero-order valence-corrected chi connectivity index (χ0v) is 9.00. The summed E-state index contributed by atoms with van der Waals surface area (Å²) in [6, 6.07) is 9.10. The van der Waals surface area contributed by atoms with Gasteiger partial charge in [-0.3, -0.25) is 4.79 Å². The van der Waals surface area contributed by atoms with Gasteiger partial charge in [0.2, 0.25) is 0 Å². The first kappa shape index (κ1) is 10.4. The van der Waals surface area contributed by atoms with Gasteiger partial charge in [0.1, 0.15) is 0 Å². The maximum atomic E-state index is 12.0. The van der Waals surface area contributed by atoms with Crippen molar-refractivity contribution < 1.29 is 4.79 Å². The number of rotatable bonds is 1. The van der Waals surface area contributed by atoms with Crippen molar-refractivity contribution in [2.45, 2.75) is 6.92 Å². The van der Waals surface area contributed by atoms with Crippen molar-refractivity contribution in [2.24, 2.45) is 5.10 Å². The Kier molecular flexibility index (Phi) is 2.96. The zero-order valence-electron chi connectivity index (χ0n) is 9.00. The Morgan fingerprint density at radius 2 is 2.00 bits per heavy atom. The summed E-state index contributed by atoms with van der Waals surface area (Å²) in [4.78, 5) is 12.0. The molecular formula is C13H12N2O. The van der Waals surface area contributed by atoms with E-state index in [0.29, 0.717) is 5.56 Å². The van der Waals surface area contributed by atoms with Crippen LogP contribution in [0, 0.1) is 0 Å². The second-order valence-electron chi connectivity index (χ2n) is 3.51. The van der Waals surface area contributed by atoms with Crippen LogP contribution in [-0.2, 0) is 0 Å². The number of hydrogen-bond donors (Lipinski definition) is 0. The molecule has 0 fully saturated rings. The van der Waals surface area contributed by atoms with E-state index in [1.807, 2.05) is 37.3 Å². The fraction of sp³-hybridized carbons (Fsp3) is 0.0769. The minimum Gasteiger partial charge on any atom is -0.267 e. The minimum atomic E-state index is -0.129. The van der Waals surface area contributed by atoms with Crippen molar-refractivity contribution in [1.29, 1.82) is 0 Å². The number of benzene rings is 1. The van der Waals surface area contributed by atoms with E-state index in [2.05, 4.69) is 5.10 Å². The van der Waals surface area contributed by atoms with Crippen LogP contribution in [0.15, 0.2) is 59.4 Å². The van der Waals surface area contributed by atoms with Crippen molar-refractivity contribution in [2.75, 3.05) is 0 Å². The molecule has 0 bridgehead atoms. The van der Waals surface area contributed by atoms with E-state index in [0.717, 1.165) is 5.57 Å². The maximum absolute atomic E-state index is 12.0. The number of carbonyl (C=O) groups excluding carboxylic acids is 1. The van der Waals surface area contributed by atoms with Gasteiger partial charge in [0.05, 0.1) is 6.21 Å². The monoisotopic (exact) mass is 212 g/mol. The summed E-state index contributed by atoms with van der Waals surface area (Å²) >= 11 is 0. The molecule has 0 saturated heterocycles. The normalized spacial score (nSPS) is 14.6. The number of hydrogen-bond acceptors (Lipinski definition) is 2. The number of carbonyl (C=O) groups is 1. The third-order valence-corrected chi connectivity index (χ3v) is 2.20. The summed E-state index contributed by atoms with van der Waals surface area (Å²) in [5.74, 6) is -0.129. The predicted molar refractivity (Wildman–Crippen MR) is 64.0 cm³/mol. The molecule has 0 atom stereocenters. The van der Waals surface area contributed by atoms with E-state index >= 15 is 0 Å². The molecule has 3 heteroatoms. The first-order valence-corrected chi connectivity index (χ1v) is 5.05. The topological polar surface area (TPSA) is 32.7 Å². The summed E-state index contributed by atoms with van der Waals surface area (Å²) in [5, 5.41) is 5.42. The van der Waals surface area contributed by atoms with E-state index < -0.39 is 0 Å². The zero-order chi connectivity index (χ0) is 11.4. The fourth-order valence-electron chi connectivity index (χ4n) is 1.34. The number of allylic oxidation sites excluding steroid dienone is 3. The predicted octanol–water partition coefficient (Wildman–Crippen LogP) is 2.59. The lowest BCUT2D eigenvalue weighted by molar-refractivity contribution is 0.0827. The summed E-state index contributed by atoms with van der Waals surface area (Å²) in [6.45, 7) is 1.93. The molecule has 0 saturated carbocycles. The Balaban J connectivity index is 2.22. The van der Waals surface area contributed by atoms with E-state index in [1.54, 1.807) is 24.5 Å². The summed E-state index contributed by atoms with van der Waals surface area (Å²) in [7, 11) is 0. The molecule has 0 aliphatic carbocycles. The second kappa shape index (κ2) is 4.57. The highest BCUT2D eigenvalue weighted by molar-refractivity contribution is 5.95. The Labute approximate surface area is 94.4 Å². The van der Waals surface area contributed by atoms with Gasteiger partial charge >= 0.3 is 0 Å².